The van der Waals surface area contributed by atoms with Gasteiger partial charge in [0.2, 0.25) is 11.9 Å². The summed E-state index contributed by atoms with van der Waals surface area (Å²) in [7, 11) is 8.59. The van der Waals surface area contributed by atoms with E-state index in [1.165, 1.54) is 43.5 Å². The summed E-state index contributed by atoms with van der Waals surface area (Å²) in [5.41, 5.74) is 5.52. The van der Waals surface area contributed by atoms with Gasteiger partial charge in [-0.3, -0.25) is 9.59 Å². The SMILES string of the molecule is CC(C)c1nc(N(C)C)nc(-c2ccc(F)cc2)c1/C=C/[C@@H](O)C[C@@H](O)CC(=O)O.COC(=O)C[C@H](O)C[C@H](O)/C=C/c1c(-c2ccc(F)cc2)nc(N(C)C)nc1C(C)C.O=S=O.O=S=O. The van der Waals surface area contributed by atoms with E-state index in [1.54, 1.807) is 46.2 Å². The van der Waals surface area contributed by atoms with Crippen LogP contribution in [-0.4, -0.2) is 134 Å². The van der Waals surface area contributed by atoms with E-state index in [4.69, 9.17) is 21.9 Å². The molecular weight excluding hydrogens is 919 g/mol. The predicted molar refractivity (Wildman–Crippen MR) is 250 cm³/mol. The third-order valence-electron chi connectivity index (χ3n) is 9.09. The second kappa shape index (κ2) is 30.3. The molecule has 2 aromatic heterocycles. The number of hydrogen-bond donors (Lipinski definition) is 5. The van der Waals surface area contributed by atoms with Gasteiger partial charge in [-0.15, -0.1) is 0 Å². The molecule has 0 aliphatic rings. The standard InChI is InChI=1S/C23H30FN3O4.C22H28FN3O4.2O2S/c1-14(2)21-19(11-10-17(28)12-18(29)13-20(30)31-5)22(26-23(25-21)27(3)4)15-6-8-16(24)9-7-15;1-13(2)20-18(10-9-16(27)11-17(28)12-19(29)30)21(25-22(24-20)26(3)4)14-5-7-15(23)8-6-14;2*1-3-2/h6-11,14,17-18,28-29H,12-13H2,1-5H3;5-10,13,16-17,27-28H,11-12H2,1-4H3,(H,29,30);;/b11-10+;10-9+;;/t17-,18-;16-,17-;;/m11../s1. The Morgan fingerprint density at radius 3 is 1.24 bits per heavy atom. The van der Waals surface area contributed by atoms with Gasteiger partial charge in [0, 0.05) is 63.3 Å². The summed E-state index contributed by atoms with van der Waals surface area (Å²) in [4.78, 5) is 44.1. The third kappa shape index (κ3) is 21.0. The van der Waals surface area contributed by atoms with Gasteiger partial charge < -0.3 is 40.1 Å². The van der Waals surface area contributed by atoms with E-state index in [2.05, 4.69) is 24.7 Å². The Balaban J connectivity index is 0.000000599. The minimum absolute atomic E-state index is 0.0227. The summed E-state index contributed by atoms with van der Waals surface area (Å²) >= 11 is -1.50. The van der Waals surface area contributed by atoms with Crippen LogP contribution in [0.5, 0.6) is 0 Å². The Bertz CT molecular complexity index is 2310. The second-order valence-corrected chi connectivity index (χ2v) is 15.9. The van der Waals surface area contributed by atoms with Crippen LogP contribution in [0.1, 0.15) is 87.7 Å². The Labute approximate surface area is 395 Å². The van der Waals surface area contributed by atoms with Crippen molar-refractivity contribution in [2.75, 3.05) is 45.1 Å². The predicted octanol–water partition coefficient (Wildman–Crippen LogP) is 4.89. The third-order valence-corrected chi connectivity index (χ3v) is 9.09. The molecule has 0 aliphatic carbocycles. The van der Waals surface area contributed by atoms with Crippen LogP contribution in [0.3, 0.4) is 0 Å². The summed E-state index contributed by atoms with van der Waals surface area (Å²) in [5.74, 6) is -1.25. The van der Waals surface area contributed by atoms with Crippen molar-refractivity contribution in [3.8, 4) is 22.5 Å². The largest absolute Gasteiger partial charge is 0.481 e. The van der Waals surface area contributed by atoms with Gasteiger partial charge >= 0.3 is 35.1 Å². The average Bonchev–Trinajstić information content (AvgIpc) is 3.25. The lowest BCUT2D eigenvalue weighted by atomic mass is 9.97. The van der Waals surface area contributed by atoms with Crippen LogP contribution in [0.2, 0.25) is 0 Å². The number of carboxylic acid groups (broad SMARTS) is 1. The molecule has 0 bridgehead atoms. The van der Waals surface area contributed by atoms with Crippen molar-refractivity contribution in [1.29, 1.82) is 0 Å². The average molecular weight is 977 g/mol. The molecule has 0 saturated carbocycles. The Morgan fingerprint density at radius 1 is 0.627 bits per heavy atom. The zero-order valence-corrected chi connectivity index (χ0v) is 40.2. The smallest absolute Gasteiger partial charge is 0.335 e. The number of halogens is 2. The van der Waals surface area contributed by atoms with E-state index in [0.29, 0.717) is 45.5 Å². The van der Waals surface area contributed by atoms with Crippen LogP contribution >= 0.6 is 0 Å². The lowest BCUT2D eigenvalue weighted by Gasteiger charge is -2.19. The fourth-order valence-corrected chi connectivity index (χ4v) is 5.99. The molecule has 366 valence electrons. The van der Waals surface area contributed by atoms with Crippen molar-refractivity contribution in [3.05, 3.63) is 94.8 Å². The number of benzene rings is 2. The number of carbonyl (C=O) groups excluding carboxylic acids is 1. The molecule has 0 unspecified atom stereocenters. The maximum absolute atomic E-state index is 13.5. The van der Waals surface area contributed by atoms with Crippen molar-refractivity contribution in [3.63, 3.8) is 0 Å². The summed E-state index contributed by atoms with van der Waals surface area (Å²) in [5, 5.41) is 49.0. The van der Waals surface area contributed by atoms with E-state index in [0.717, 1.165) is 11.4 Å². The maximum atomic E-state index is 13.5. The van der Waals surface area contributed by atoms with Gasteiger partial charge in [0.05, 0.1) is 67.1 Å². The highest BCUT2D eigenvalue weighted by Gasteiger charge is 2.21. The molecule has 0 amide bonds. The molecule has 0 saturated heterocycles. The normalized spacial score (nSPS) is 12.7. The zero-order chi connectivity index (χ0) is 51.0. The van der Waals surface area contributed by atoms with Crippen LogP contribution < -0.4 is 9.80 Å². The van der Waals surface area contributed by atoms with E-state index >= 15 is 0 Å². The van der Waals surface area contributed by atoms with Gasteiger partial charge in [0.15, 0.2) is 0 Å². The van der Waals surface area contributed by atoms with Crippen molar-refractivity contribution in [1.82, 2.24) is 19.9 Å². The first kappa shape index (κ1) is 59.0. The number of methoxy groups -OCH3 is 1. The molecule has 0 aliphatic heterocycles. The lowest BCUT2D eigenvalue weighted by molar-refractivity contribution is -0.143. The summed E-state index contributed by atoms with van der Waals surface area (Å²) in [6.07, 6.45) is 1.41. The number of esters is 1. The van der Waals surface area contributed by atoms with Crippen LogP contribution in [0.15, 0.2) is 60.7 Å². The molecule has 4 aromatic rings. The molecule has 5 N–H and O–H groups in total. The Hall–Kier alpha value is -6.04. The van der Waals surface area contributed by atoms with Gasteiger partial charge in [-0.25, -0.2) is 28.7 Å². The van der Waals surface area contributed by atoms with E-state index < -0.39 is 65.9 Å². The molecule has 0 radical (unpaired) electrons. The van der Waals surface area contributed by atoms with Crippen molar-refractivity contribution in [2.45, 2.75) is 89.6 Å². The highest BCUT2D eigenvalue weighted by atomic mass is 32.1. The van der Waals surface area contributed by atoms with Gasteiger partial charge in [0.1, 0.15) is 11.6 Å². The van der Waals surface area contributed by atoms with Crippen molar-refractivity contribution < 1.29 is 65.5 Å². The molecule has 67 heavy (non-hydrogen) atoms. The number of nitrogens with zero attached hydrogens (tertiary/aromatic N) is 6. The number of ether oxygens (including phenoxy) is 1. The number of aromatic nitrogens is 4. The number of aliphatic hydroxyl groups excluding tert-OH is 4. The van der Waals surface area contributed by atoms with Gasteiger partial charge in [-0.1, -0.05) is 52.0 Å². The van der Waals surface area contributed by atoms with E-state index in [-0.39, 0.29) is 42.7 Å². The molecule has 0 fully saturated rings. The number of carboxylic acids is 1. The number of carbonyl (C=O) groups is 2. The number of aliphatic carboxylic acids is 1. The molecule has 18 nitrogen and oxygen atoms in total. The Morgan fingerprint density at radius 2 is 0.955 bits per heavy atom. The highest BCUT2D eigenvalue weighted by Crippen LogP contribution is 2.33. The fraction of sp³-hybridized carbons (Fsp3) is 0.422. The monoisotopic (exact) mass is 976 g/mol. The second-order valence-electron chi connectivity index (χ2n) is 15.6. The first-order valence-corrected chi connectivity index (χ1v) is 21.8. The number of hydrogen-bond acceptors (Lipinski definition) is 17. The van der Waals surface area contributed by atoms with E-state index in [1.807, 2.05) is 55.9 Å². The minimum Gasteiger partial charge on any atom is -0.481 e. The molecule has 4 rings (SSSR count). The van der Waals surface area contributed by atoms with Gasteiger partial charge in [-0.2, -0.15) is 16.8 Å². The quantitative estimate of drug-likeness (QED) is 0.0830. The maximum Gasteiger partial charge on any atom is 0.335 e. The summed E-state index contributed by atoms with van der Waals surface area (Å²) in [6.45, 7) is 7.98. The molecule has 2 aromatic carbocycles. The van der Waals surface area contributed by atoms with Crippen molar-refractivity contribution >= 4 is 59.1 Å². The zero-order valence-electron chi connectivity index (χ0n) is 38.6. The molecule has 0 spiro atoms. The van der Waals surface area contributed by atoms with Crippen LogP contribution in [0.25, 0.3) is 34.7 Å². The molecule has 4 atom stereocenters. The highest BCUT2D eigenvalue weighted by molar-refractivity contribution is 7.51. The number of aliphatic hydroxyl groups is 4. The van der Waals surface area contributed by atoms with Crippen LogP contribution in [0.4, 0.5) is 20.7 Å². The summed E-state index contributed by atoms with van der Waals surface area (Å²) in [6, 6.07) is 12.0. The lowest BCUT2D eigenvalue weighted by Crippen LogP contribution is -2.20. The van der Waals surface area contributed by atoms with Crippen molar-refractivity contribution in [2.24, 2.45) is 0 Å². The number of anilines is 2. The molecule has 22 heteroatoms. The topological polar surface area (TPSA) is 271 Å². The minimum atomic E-state index is -1.16. The van der Waals surface area contributed by atoms with Gasteiger partial charge in [-0.05, 0) is 60.4 Å². The van der Waals surface area contributed by atoms with Gasteiger partial charge in [0.25, 0.3) is 0 Å². The first-order valence-electron chi connectivity index (χ1n) is 20.4. The molecule has 2 heterocycles. The van der Waals surface area contributed by atoms with E-state index in [9.17, 15) is 38.8 Å². The van der Waals surface area contributed by atoms with Crippen LogP contribution in [0, 0.1) is 11.6 Å². The van der Waals surface area contributed by atoms with Crippen LogP contribution in [-0.2, 0) is 37.5 Å². The fourth-order valence-electron chi connectivity index (χ4n) is 5.99. The first-order chi connectivity index (χ1) is 31.5. The number of rotatable bonds is 18. The Kier molecular flexibility index (Phi) is 26.7. The summed E-state index contributed by atoms with van der Waals surface area (Å²) < 4.78 is 64.6. The molecular formula is C45H58F2N6O12S2.